The van der Waals surface area contributed by atoms with Crippen LogP contribution in [0.2, 0.25) is 0 Å². The number of nitrogens with zero attached hydrogens (tertiary/aromatic N) is 2. The smallest absolute Gasteiger partial charge is 0.247 e. The summed E-state index contributed by atoms with van der Waals surface area (Å²) in [6.07, 6.45) is 4.90. The van der Waals surface area contributed by atoms with Gasteiger partial charge in [0.1, 0.15) is 10.6 Å². The van der Waals surface area contributed by atoms with Crippen LogP contribution in [0, 0.1) is 0 Å². The second-order valence-corrected chi connectivity index (χ2v) is 8.98. The zero-order chi connectivity index (χ0) is 17.4. The van der Waals surface area contributed by atoms with Crippen LogP contribution in [0.25, 0.3) is 0 Å². The number of sulfonamides is 1. The Morgan fingerprint density at radius 2 is 2.04 bits per heavy atom. The molecule has 0 N–H and O–H groups in total. The number of anilines is 1. The average molecular weight is 366 g/mol. The Hall–Kier alpha value is -1.31. The molecule has 3 aliphatic rings. The molecule has 25 heavy (non-hydrogen) atoms. The highest BCUT2D eigenvalue weighted by Crippen LogP contribution is 2.39. The van der Waals surface area contributed by atoms with Crippen LogP contribution in [0.3, 0.4) is 0 Å². The molecule has 0 unspecified atom stereocenters. The maximum Gasteiger partial charge on any atom is 0.247 e. The predicted molar refractivity (Wildman–Crippen MR) is 95.7 cm³/mol. The predicted octanol–water partition coefficient (Wildman–Crippen LogP) is 2.24. The molecule has 0 radical (unpaired) electrons. The molecule has 2 heterocycles. The quantitative estimate of drug-likeness (QED) is 0.818. The molecule has 1 saturated heterocycles. The van der Waals surface area contributed by atoms with Gasteiger partial charge in [0.25, 0.3) is 0 Å². The third-order valence-corrected chi connectivity index (χ3v) is 7.31. The standard InChI is InChI=1S/C18H26N2O4S/c1-23-13-16-4-2-9-19(16)15-7-8-18-17(12-15)24-11-3-10-20(14-5-6-14)25(18,21)22/h7-8,12,14,16H,2-6,9-11,13H2,1H3/t16-/m1/s1. The molecule has 1 atom stereocenters. The van der Waals surface area contributed by atoms with Gasteiger partial charge >= 0.3 is 0 Å². The van der Waals surface area contributed by atoms with E-state index in [4.69, 9.17) is 9.47 Å². The minimum atomic E-state index is -3.48. The van der Waals surface area contributed by atoms with Crippen molar-refractivity contribution in [3.8, 4) is 5.75 Å². The van der Waals surface area contributed by atoms with Crippen LogP contribution >= 0.6 is 0 Å². The Morgan fingerprint density at radius 1 is 1.20 bits per heavy atom. The van der Waals surface area contributed by atoms with Gasteiger partial charge in [-0.1, -0.05) is 0 Å². The summed E-state index contributed by atoms with van der Waals surface area (Å²) >= 11 is 0. The fourth-order valence-corrected chi connectivity index (χ4v) is 5.77. The number of ether oxygens (including phenoxy) is 2. The third-order valence-electron chi connectivity index (χ3n) is 5.32. The van der Waals surface area contributed by atoms with E-state index in [0.29, 0.717) is 36.4 Å². The molecular weight excluding hydrogens is 340 g/mol. The summed E-state index contributed by atoms with van der Waals surface area (Å²) in [6, 6.07) is 6.07. The van der Waals surface area contributed by atoms with E-state index in [9.17, 15) is 8.42 Å². The van der Waals surface area contributed by atoms with E-state index in [1.807, 2.05) is 12.1 Å². The molecule has 138 valence electrons. The largest absolute Gasteiger partial charge is 0.492 e. The highest BCUT2D eigenvalue weighted by atomic mass is 32.2. The highest BCUT2D eigenvalue weighted by molar-refractivity contribution is 7.89. The number of hydrogen-bond acceptors (Lipinski definition) is 5. The lowest BCUT2D eigenvalue weighted by atomic mass is 10.2. The number of fused-ring (bicyclic) bond motifs is 1. The summed E-state index contributed by atoms with van der Waals surface area (Å²) in [5, 5.41) is 0. The van der Waals surface area contributed by atoms with Crippen molar-refractivity contribution < 1.29 is 17.9 Å². The minimum Gasteiger partial charge on any atom is -0.492 e. The normalized spacial score (nSPS) is 26.6. The SMILES string of the molecule is COC[C@H]1CCCN1c1ccc2c(c1)OCCCN(C1CC1)S2(=O)=O. The molecule has 1 aliphatic carbocycles. The molecule has 2 aliphatic heterocycles. The second kappa shape index (κ2) is 6.78. The van der Waals surface area contributed by atoms with Gasteiger partial charge in [0.2, 0.25) is 10.0 Å². The Bertz CT molecular complexity index is 733. The molecule has 2 fully saturated rings. The van der Waals surface area contributed by atoms with Crippen molar-refractivity contribution in [2.75, 3.05) is 38.3 Å². The van der Waals surface area contributed by atoms with Gasteiger partial charge in [-0.3, -0.25) is 0 Å². The van der Waals surface area contributed by atoms with Gasteiger partial charge in [-0.05, 0) is 44.2 Å². The van der Waals surface area contributed by atoms with E-state index in [1.54, 1.807) is 17.5 Å². The van der Waals surface area contributed by atoms with E-state index in [1.165, 1.54) is 0 Å². The van der Waals surface area contributed by atoms with Gasteiger partial charge in [-0.2, -0.15) is 4.31 Å². The molecule has 6 nitrogen and oxygen atoms in total. The van der Waals surface area contributed by atoms with Gasteiger partial charge in [0.15, 0.2) is 0 Å². The summed E-state index contributed by atoms with van der Waals surface area (Å²) in [5.74, 6) is 0.492. The Labute approximate surface area is 149 Å². The maximum absolute atomic E-state index is 13.1. The molecule has 0 bridgehead atoms. The number of benzene rings is 1. The molecule has 0 aromatic heterocycles. The zero-order valence-electron chi connectivity index (χ0n) is 14.7. The van der Waals surface area contributed by atoms with Gasteiger partial charge in [0, 0.05) is 38.0 Å². The lowest BCUT2D eigenvalue weighted by molar-refractivity contribution is 0.181. The van der Waals surface area contributed by atoms with Crippen LogP contribution in [-0.4, -0.2) is 58.2 Å². The Kier molecular flexibility index (Phi) is 4.64. The summed E-state index contributed by atoms with van der Waals surface area (Å²) < 4.78 is 39.0. The van der Waals surface area contributed by atoms with E-state index < -0.39 is 10.0 Å². The summed E-state index contributed by atoms with van der Waals surface area (Å²) in [4.78, 5) is 2.61. The van der Waals surface area contributed by atoms with Gasteiger partial charge in [0.05, 0.1) is 19.3 Å². The summed E-state index contributed by atoms with van der Waals surface area (Å²) in [7, 11) is -1.76. The van der Waals surface area contributed by atoms with Crippen LogP contribution in [0.1, 0.15) is 32.1 Å². The first kappa shape index (κ1) is 17.1. The van der Waals surface area contributed by atoms with Gasteiger partial charge in [-0.15, -0.1) is 0 Å². The van der Waals surface area contributed by atoms with Crippen molar-refractivity contribution in [3.05, 3.63) is 18.2 Å². The maximum atomic E-state index is 13.1. The van der Waals surface area contributed by atoms with E-state index in [0.717, 1.165) is 44.3 Å². The molecule has 1 aromatic rings. The summed E-state index contributed by atoms with van der Waals surface area (Å²) in [5.41, 5.74) is 1.02. The molecule has 4 rings (SSSR count). The first-order valence-electron chi connectivity index (χ1n) is 9.15. The van der Waals surface area contributed by atoms with E-state index >= 15 is 0 Å². The lowest BCUT2D eigenvalue weighted by Crippen LogP contribution is -2.36. The molecule has 7 heteroatoms. The highest BCUT2D eigenvalue weighted by Gasteiger charge is 2.40. The first-order chi connectivity index (χ1) is 12.1. The van der Waals surface area contributed by atoms with Crippen LogP contribution in [0.4, 0.5) is 5.69 Å². The Morgan fingerprint density at radius 3 is 2.80 bits per heavy atom. The van der Waals surface area contributed by atoms with Crippen LogP contribution in [-0.2, 0) is 14.8 Å². The molecule has 0 spiro atoms. The van der Waals surface area contributed by atoms with Crippen molar-refractivity contribution in [1.82, 2.24) is 4.31 Å². The third kappa shape index (κ3) is 3.25. The number of hydrogen-bond donors (Lipinski definition) is 0. The topological polar surface area (TPSA) is 59.1 Å². The minimum absolute atomic E-state index is 0.181. The zero-order valence-corrected chi connectivity index (χ0v) is 15.5. The van der Waals surface area contributed by atoms with Crippen LogP contribution < -0.4 is 9.64 Å². The fourth-order valence-electron chi connectivity index (χ4n) is 3.93. The van der Waals surface area contributed by atoms with Gasteiger partial charge < -0.3 is 14.4 Å². The Balaban J connectivity index is 1.68. The van der Waals surface area contributed by atoms with E-state index in [-0.39, 0.29) is 6.04 Å². The van der Waals surface area contributed by atoms with Crippen molar-refractivity contribution >= 4 is 15.7 Å². The lowest BCUT2D eigenvalue weighted by Gasteiger charge is -2.29. The van der Waals surface area contributed by atoms with Gasteiger partial charge in [-0.25, -0.2) is 8.42 Å². The monoisotopic (exact) mass is 366 g/mol. The molecule has 0 amide bonds. The van der Waals surface area contributed by atoms with Crippen molar-refractivity contribution in [3.63, 3.8) is 0 Å². The molecular formula is C18H26N2O4S. The second-order valence-electron chi connectivity index (χ2n) is 7.12. The van der Waals surface area contributed by atoms with E-state index in [2.05, 4.69) is 4.90 Å². The number of methoxy groups -OCH3 is 1. The first-order valence-corrected chi connectivity index (χ1v) is 10.6. The fraction of sp³-hybridized carbons (Fsp3) is 0.667. The van der Waals surface area contributed by atoms with Crippen LogP contribution in [0.5, 0.6) is 5.75 Å². The number of rotatable bonds is 4. The average Bonchev–Trinajstić information content (AvgIpc) is 3.31. The van der Waals surface area contributed by atoms with Crippen molar-refractivity contribution in [2.24, 2.45) is 0 Å². The van der Waals surface area contributed by atoms with Crippen molar-refractivity contribution in [2.45, 2.75) is 49.1 Å². The van der Waals surface area contributed by atoms with Crippen LogP contribution in [0.15, 0.2) is 23.1 Å². The molecule has 1 saturated carbocycles. The van der Waals surface area contributed by atoms with Crippen molar-refractivity contribution in [1.29, 1.82) is 0 Å². The molecule has 1 aromatic carbocycles. The summed E-state index contributed by atoms with van der Waals surface area (Å²) in [6.45, 7) is 2.76.